The normalized spacial score (nSPS) is 17.2. The van der Waals surface area contributed by atoms with Crippen molar-refractivity contribution in [3.63, 3.8) is 0 Å². The molecule has 0 spiro atoms. The van der Waals surface area contributed by atoms with Crippen molar-refractivity contribution in [2.45, 2.75) is 44.5 Å². The minimum Gasteiger partial charge on any atom is -0.364 e. The highest BCUT2D eigenvalue weighted by molar-refractivity contribution is 7.90. The molecule has 0 saturated carbocycles. The summed E-state index contributed by atoms with van der Waals surface area (Å²) in [6, 6.07) is 3.78. The van der Waals surface area contributed by atoms with E-state index < -0.39 is 9.84 Å². The Labute approximate surface area is 184 Å². The van der Waals surface area contributed by atoms with Crippen molar-refractivity contribution in [3.8, 4) is 22.6 Å². The number of aromatic nitrogens is 6. The van der Waals surface area contributed by atoms with Gasteiger partial charge in [-0.05, 0) is 50.8 Å². The second-order valence-corrected chi connectivity index (χ2v) is 9.86. The van der Waals surface area contributed by atoms with Crippen LogP contribution in [0.4, 0.5) is 0 Å². The average Bonchev–Trinajstić information content (AvgIpc) is 3.37. The van der Waals surface area contributed by atoms with Crippen LogP contribution in [0.15, 0.2) is 34.3 Å². The topological polar surface area (TPSA) is 126 Å². The standard InChI is InChI=1S/C21H22N6O4S/c1-12-10-22-21(32(3,28)29)24-18(12)19-14-7-8-16(15-11-31-26-13(15)2)23-20(14)27(25-19)17-6-4-5-9-30-17/h7-8,10-11,17H,4-6,9H2,1-3H3. The van der Waals surface area contributed by atoms with Gasteiger partial charge in [0.25, 0.3) is 0 Å². The number of rotatable bonds is 4. The zero-order valence-corrected chi connectivity index (χ0v) is 18.8. The lowest BCUT2D eigenvalue weighted by Crippen LogP contribution is -2.19. The Kier molecular flexibility index (Phi) is 5.01. The van der Waals surface area contributed by atoms with Crippen LogP contribution in [0.5, 0.6) is 0 Å². The van der Waals surface area contributed by atoms with E-state index in [0.29, 0.717) is 34.9 Å². The number of hydrogen-bond acceptors (Lipinski definition) is 9. The molecular formula is C21H22N6O4S. The Bertz CT molecular complexity index is 1420. The summed E-state index contributed by atoms with van der Waals surface area (Å²) in [7, 11) is -3.57. The van der Waals surface area contributed by atoms with Crippen LogP contribution in [0.2, 0.25) is 0 Å². The molecule has 4 aromatic heterocycles. The van der Waals surface area contributed by atoms with Gasteiger partial charge in [-0.15, -0.1) is 0 Å². The molecule has 1 saturated heterocycles. The number of pyridine rings is 1. The maximum Gasteiger partial charge on any atom is 0.247 e. The Morgan fingerprint density at radius 1 is 1.12 bits per heavy atom. The number of fused-ring (bicyclic) bond motifs is 1. The number of ether oxygens (including phenoxy) is 1. The zero-order valence-electron chi connectivity index (χ0n) is 17.9. The largest absolute Gasteiger partial charge is 0.364 e. The van der Waals surface area contributed by atoms with Gasteiger partial charge in [0.15, 0.2) is 11.9 Å². The van der Waals surface area contributed by atoms with Gasteiger partial charge in [0.05, 0.1) is 22.6 Å². The van der Waals surface area contributed by atoms with Crippen molar-refractivity contribution in [3.05, 3.63) is 35.9 Å². The Hall–Kier alpha value is -3.18. The zero-order chi connectivity index (χ0) is 22.5. The van der Waals surface area contributed by atoms with Crippen molar-refractivity contribution in [1.82, 2.24) is 29.9 Å². The van der Waals surface area contributed by atoms with Crippen LogP contribution in [0.25, 0.3) is 33.7 Å². The first kappa shape index (κ1) is 20.7. The quantitative estimate of drug-likeness (QED) is 0.427. The van der Waals surface area contributed by atoms with E-state index in [1.807, 2.05) is 26.0 Å². The summed E-state index contributed by atoms with van der Waals surface area (Å²) in [5, 5.41) is 9.28. The lowest BCUT2D eigenvalue weighted by Gasteiger charge is -2.23. The first-order chi connectivity index (χ1) is 15.3. The van der Waals surface area contributed by atoms with Gasteiger partial charge in [-0.2, -0.15) is 5.10 Å². The number of sulfone groups is 1. The van der Waals surface area contributed by atoms with E-state index in [9.17, 15) is 8.42 Å². The van der Waals surface area contributed by atoms with E-state index in [1.165, 1.54) is 6.20 Å². The fourth-order valence-corrected chi connectivity index (χ4v) is 4.34. The molecule has 10 nitrogen and oxygen atoms in total. The molecule has 1 atom stereocenters. The smallest absolute Gasteiger partial charge is 0.247 e. The molecule has 166 valence electrons. The van der Waals surface area contributed by atoms with Crippen LogP contribution >= 0.6 is 0 Å². The SMILES string of the molecule is Cc1cnc(S(C)(=O)=O)nc1-c1nn(C2CCCCO2)c2nc(-c3conc3C)ccc12. The number of hydrogen-bond donors (Lipinski definition) is 0. The van der Waals surface area contributed by atoms with Gasteiger partial charge in [-0.25, -0.2) is 28.1 Å². The lowest BCUT2D eigenvalue weighted by atomic mass is 10.1. The maximum atomic E-state index is 12.1. The van der Waals surface area contributed by atoms with E-state index in [4.69, 9.17) is 19.3 Å². The van der Waals surface area contributed by atoms with E-state index in [2.05, 4.69) is 15.1 Å². The molecule has 5 heterocycles. The molecule has 0 aliphatic carbocycles. The summed E-state index contributed by atoms with van der Waals surface area (Å²) in [6.07, 6.45) is 6.73. The summed E-state index contributed by atoms with van der Waals surface area (Å²) in [5.41, 5.74) is 4.58. The summed E-state index contributed by atoms with van der Waals surface area (Å²) < 4.78 is 37.0. The molecule has 0 radical (unpaired) electrons. The van der Waals surface area contributed by atoms with Crippen molar-refractivity contribution >= 4 is 20.9 Å². The molecular weight excluding hydrogens is 432 g/mol. The predicted molar refractivity (Wildman–Crippen MR) is 115 cm³/mol. The molecule has 0 N–H and O–H groups in total. The summed E-state index contributed by atoms with van der Waals surface area (Å²) >= 11 is 0. The summed E-state index contributed by atoms with van der Waals surface area (Å²) in [5.74, 6) is 0. The molecule has 1 fully saturated rings. The molecule has 1 aliphatic heterocycles. The molecule has 5 rings (SSSR count). The van der Waals surface area contributed by atoms with Crippen LogP contribution in [0.3, 0.4) is 0 Å². The van der Waals surface area contributed by atoms with Gasteiger partial charge in [0, 0.05) is 24.4 Å². The fraction of sp³-hybridized carbons (Fsp3) is 0.381. The average molecular weight is 455 g/mol. The highest BCUT2D eigenvalue weighted by atomic mass is 32.2. The van der Waals surface area contributed by atoms with Gasteiger partial charge in [0.2, 0.25) is 15.0 Å². The molecule has 0 amide bonds. The predicted octanol–water partition coefficient (Wildman–Crippen LogP) is 3.26. The number of nitrogens with zero attached hydrogens (tertiary/aromatic N) is 6. The van der Waals surface area contributed by atoms with Crippen molar-refractivity contribution < 1.29 is 17.7 Å². The third kappa shape index (κ3) is 3.56. The fourth-order valence-electron chi connectivity index (χ4n) is 3.84. The van der Waals surface area contributed by atoms with Crippen LogP contribution in [0.1, 0.15) is 36.7 Å². The highest BCUT2D eigenvalue weighted by Gasteiger charge is 2.25. The van der Waals surface area contributed by atoms with Gasteiger partial charge in [0.1, 0.15) is 12.0 Å². The van der Waals surface area contributed by atoms with Crippen LogP contribution in [0, 0.1) is 13.8 Å². The third-order valence-electron chi connectivity index (χ3n) is 5.51. The molecule has 1 aliphatic rings. The van der Waals surface area contributed by atoms with Crippen LogP contribution in [-0.4, -0.2) is 51.2 Å². The number of aryl methyl sites for hydroxylation is 2. The second-order valence-electron chi connectivity index (χ2n) is 7.95. The molecule has 4 aromatic rings. The molecule has 0 bridgehead atoms. The van der Waals surface area contributed by atoms with Crippen molar-refractivity contribution in [2.24, 2.45) is 0 Å². The van der Waals surface area contributed by atoms with E-state index >= 15 is 0 Å². The van der Waals surface area contributed by atoms with E-state index in [0.717, 1.165) is 42.2 Å². The summed E-state index contributed by atoms with van der Waals surface area (Å²) in [6.45, 7) is 4.33. The first-order valence-electron chi connectivity index (χ1n) is 10.3. The maximum absolute atomic E-state index is 12.1. The highest BCUT2D eigenvalue weighted by Crippen LogP contribution is 2.34. The van der Waals surface area contributed by atoms with Gasteiger partial charge in [-0.1, -0.05) is 5.16 Å². The van der Waals surface area contributed by atoms with E-state index in [1.54, 1.807) is 10.9 Å². The molecule has 11 heteroatoms. The second kappa shape index (κ2) is 7.75. The molecule has 0 aromatic carbocycles. The summed E-state index contributed by atoms with van der Waals surface area (Å²) in [4.78, 5) is 13.2. The minimum atomic E-state index is -3.57. The third-order valence-corrected chi connectivity index (χ3v) is 6.37. The van der Waals surface area contributed by atoms with Crippen LogP contribution < -0.4 is 0 Å². The Balaban J connectivity index is 1.75. The van der Waals surface area contributed by atoms with Gasteiger partial charge < -0.3 is 9.26 Å². The van der Waals surface area contributed by atoms with Gasteiger partial charge in [-0.3, -0.25) is 0 Å². The minimum absolute atomic E-state index is 0.237. The first-order valence-corrected chi connectivity index (χ1v) is 12.2. The monoisotopic (exact) mass is 454 g/mol. The van der Waals surface area contributed by atoms with Crippen LogP contribution in [-0.2, 0) is 14.6 Å². The Morgan fingerprint density at radius 3 is 2.66 bits per heavy atom. The van der Waals surface area contributed by atoms with E-state index in [-0.39, 0.29) is 11.4 Å². The van der Waals surface area contributed by atoms with Crippen molar-refractivity contribution in [1.29, 1.82) is 0 Å². The molecule has 1 unspecified atom stereocenters. The molecule has 32 heavy (non-hydrogen) atoms. The lowest BCUT2D eigenvalue weighted by molar-refractivity contribution is -0.0368. The Morgan fingerprint density at radius 2 is 1.97 bits per heavy atom. The van der Waals surface area contributed by atoms with Gasteiger partial charge >= 0.3 is 0 Å². The van der Waals surface area contributed by atoms with Crippen molar-refractivity contribution in [2.75, 3.05) is 12.9 Å².